The molecule has 0 saturated heterocycles. The zero-order valence-corrected chi connectivity index (χ0v) is 8.96. The first kappa shape index (κ1) is 9.84. The quantitative estimate of drug-likeness (QED) is 0.810. The minimum atomic E-state index is -0.604. The summed E-state index contributed by atoms with van der Waals surface area (Å²) >= 11 is 0. The summed E-state index contributed by atoms with van der Waals surface area (Å²) in [6.45, 7) is 0. The molecule has 84 valence electrons. The summed E-state index contributed by atoms with van der Waals surface area (Å²) in [7, 11) is 0. The highest BCUT2D eigenvalue weighted by Gasteiger charge is 2.29. The number of rotatable bonds is 1. The summed E-state index contributed by atoms with van der Waals surface area (Å²) in [5.41, 5.74) is 0.833. The first-order chi connectivity index (χ1) is 8.34. The van der Waals surface area contributed by atoms with Gasteiger partial charge in [0.25, 0.3) is 5.91 Å². The van der Waals surface area contributed by atoms with E-state index in [0.717, 1.165) is 5.56 Å². The van der Waals surface area contributed by atoms with Crippen LogP contribution in [0.25, 0.3) is 0 Å². The molecule has 2 heterocycles. The van der Waals surface area contributed by atoms with Crippen molar-refractivity contribution in [3.63, 3.8) is 0 Å². The second kappa shape index (κ2) is 3.90. The maximum Gasteiger partial charge on any atom is 0.271 e. The predicted molar refractivity (Wildman–Crippen MR) is 62.7 cm³/mol. The van der Waals surface area contributed by atoms with Crippen LogP contribution in [0.3, 0.4) is 0 Å². The Hall–Kier alpha value is -2.36. The van der Waals surface area contributed by atoms with Gasteiger partial charge >= 0.3 is 0 Å². The molecule has 1 aromatic carbocycles. The van der Waals surface area contributed by atoms with Crippen molar-refractivity contribution >= 4 is 11.7 Å². The Morgan fingerprint density at radius 1 is 1.12 bits per heavy atom. The van der Waals surface area contributed by atoms with Crippen molar-refractivity contribution in [2.75, 3.05) is 5.32 Å². The van der Waals surface area contributed by atoms with Gasteiger partial charge in [0.05, 0.1) is 0 Å². The number of anilines is 1. The lowest BCUT2D eigenvalue weighted by atomic mass is 10.1. The third-order valence-electron chi connectivity index (χ3n) is 2.60. The molecule has 2 aromatic rings. The van der Waals surface area contributed by atoms with Gasteiger partial charge in [-0.05, 0) is 12.1 Å². The van der Waals surface area contributed by atoms with Crippen LogP contribution in [0.15, 0.2) is 48.7 Å². The van der Waals surface area contributed by atoms with Crippen molar-refractivity contribution < 1.29 is 9.53 Å². The lowest BCUT2D eigenvalue weighted by Gasteiger charge is -2.24. The molecule has 1 N–H and O–H groups in total. The van der Waals surface area contributed by atoms with E-state index in [-0.39, 0.29) is 5.91 Å². The topological polar surface area (TPSA) is 51.2 Å². The highest BCUT2D eigenvalue weighted by molar-refractivity contribution is 5.97. The number of aromatic nitrogens is 1. The largest absolute Gasteiger partial charge is 0.472 e. The van der Waals surface area contributed by atoms with Gasteiger partial charge < -0.3 is 10.1 Å². The van der Waals surface area contributed by atoms with Gasteiger partial charge in [0, 0.05) is 11.8 Å². The molecule has 1 atom stereocenters. The number of pyridine rings is 1. The molecule has 1 aromatic heterocycles. The summed E-state index contributed by atoms with van der Waals surface area (Å²) in [4.78, 5) is 15.9. The average molecular weight is 226 g/mol. The minimum absolute atomic E-state index is 0.192. The molecule has 3 rings (SSSR count). The Bertz CT molecular complexity index is 554. The third-order valence-corrected chi connectivity index (χ3v) is 2.60. The Kier molecular flexibility index (Phi) is 2.26. The van der Waals surface area contributed by atoms with E-state index in [1.807, 2.05) is 30.3 Å². The molecule has 1 unspecified atom stereocenters. The zero-order chi connectivity index (χ0) is 11.7. The molecule has 0 radical (unpaired) electrons. The SMILES string of the molecule is O=C1Nc2ncccc2OC1c1ccccc1. The monoisotopic (exact) mass is 226 g/mol. The Morgan fingerprint density at radius 2 is 1.94 bits per heavy atom. The summed E-state index contributed by atoms with van der Waals surface area (Å²) in [5, 5.41) is 2.73. The number of ether oxygens (including phenoxy) is 1. The van der Waals surface area contributed by atoms with Gasteiger partial charge in [-0.3, -0.25) is 4.79 Å². The highest BCUT2D eigenvalue weighted by Crippen LogP contribution is 2.32. The zero-order valence-electron chi connectivity index (χ0n) is 8.96. The van der Waals surface area contributed by atoms with Crippen molar-refractivity contribution in [3.8, 4) is 5.75 Å². The first-order valence-electron chi connectivity index (χ1n) is 5.32. The molecular formula is C13H10N2O2. The van der Waals surface area contributed by atoms with E-state index in [9.17, 15) is 4.79 Å². The number of carbonyl (C=O) groups excluding carboxylic acids is 1. The molecule has 0 saturated carbocycles. The van der Waals surface area contributed by atoms with Crippen LogP contribution in [0, 0.1) is 0 Å². The van der Waals surface area contributed by atoms with Crippen molar-refractivity contribution in [2.45, 2.75) is 6.10 Å². The van der Waals surface area contributed by atoms with Crippen LogP contribution in [0.5, 0.6) is 5.75 Å². The molecule has 4 heteroatoms. The second-order valence-corrected chi connectivity index (χ2v) is 3.75. The van der Waals surface area contributed by atoms with Gasteiger partial charge in [0.1, 0.15) is 0 Å². The summed E-state index contributed by atoms with van der Waals surface area (Å²) < 4.78 is 5.66. The van der Waals surface area contributed by atoms with E-state index in [4.69, 9.17) is 4.74 Å². The first-order valence-corrected chi connectivity index (χ1v) is 5.32. The normalized spacial score (nSPS) is 17.9. The lowest BCUT2D eigenvalue weighted by molar-refractivity contribution is -0.123. The van der Waals surface area contributed by atoms with E-state index < -0.39 is 6.10 Å². The maximum absolute atomic E-state index is 11.9. The van der Waals surface area contributed by atoms with Crippen LogP contribution < -0.4 is 10.1 Å². The van der Waals surface area contributed by atoms with Crippen LogP contribution >= 0.6 is 0 Å². The summed E-state index contributed by atoms with van der Waals surface area (Å²) in [6, 6.07) is 13.0. The van der Waals surface area contributed by atoms with E-state index in [2.05, 4.69) is 10.3 Å². The number of fused-ring (bicyclic) bond motifs is 1. The smallest absolute Gasteiger partial charge is 0.271 e. The predicted octanol–water partition coefficient (Wildman–Crippen LogP) is 2.15. The van der Waals surface area contributed by atoms with Crippen molar-refractivity contribution in [1.82, 2.24) is 4.98 Å². The molecule has 0 bridgehead atoms. The standard InChI is InChI=1S/C13H10N2O2/c16-13-11(9-5-2-1-3-6-9)17-10-7-4-8-14-12(10)15-13/h1-8,11H,(H,14,15,16). The van der Waals surface area contributed by atoms with Gasteiger partial charge in [0.15, 0.2) is 11.6 Å². The van der Waals surface area contributed by atoms with E-state index >= 15 is 0 Å². The number of carbonyl (C=O) groups is 1. The third kappa shape index (κ3) is 1.73. The van der Waals surface area contributed by atoms with Gasteiger partial charge in [-0.1, -0.05) is 30.3 Å². The molecule has 0 spiro atoms. The Morgan fingerprint density at radius 3 is 2.76 bits per heavy atom. The van der Waals surface area contributed by atoms with Gasteiger partial charge in [-0.25, -0.2) is 4.98 Å². The van der Waals surface area contributed by atoms with Crippen molar-refractivity contribution in [2.24, 2.45) is 0 Å². The van der Waals surface area contributed by atoms with Gasteiger partial charge in [-0.2, -0.15) is 0 Å². The van der Waals surface area contributed by atoms with E-state index in [1.165, 1.54) is 0 Å². The molecule has 1 aliphatic rings. The molecule has 1 aliphatic heterocycles. The number of hydrogen-bond acceptors (Lipinski definition) is 3. The minimum Gasteiger partial charge on any atom is -0.472 e. The fourth-order valence-corrected chi connectivity index (χ4v) is 1.79. The number of amides is 1. The average Bonchev–Trinajstić information content (AvgIpc) is 2.39. The van der Waals surface area contributed by atoms with E-state index in [0.29, 0.717) is 11.6 Å². The fraction of sp³-hybridized carbons (Fsp3) is 0.0769. The van der Waals surface area contributed by atoms with Crippen LogP contribution in [0.1, 0.15) is 11.7 Å². The Balaban J connectivity index is 1.98. The van der Waals surface area contributed by atoms with Gasteiger partial charge in [0.2, 0.25) is 6.10 Å². The Labute approximate surface area is 98.3 Å². The molecule has 4 nitrogen and oxygen atoms in total. The van der Waals surface area contributed by atoms with Crippen molar-refractivity contribution in [3.05, 3.63) is 54.2 Å². The lowest BCUT2D eigenvalue weighted by Crippen LogP contribution is -2.30. The van der Waals surface area contributed by atoms with Crippen molar-refractivity contribution in [1.29, 1.82) is 0 Å². The fourth-order valence-electron chi connectivity index (χ4n) is 1.79. The number of benzene rings is 1. The summed E-state index contributed by atoms with van der Waals surface area (Å²) in [5.74, 6) is 0.882. The molecular weight excluding hydrogens is 216 g/mol. The van der Waals surface area contributed by atoms with Gasteiger partial charge in [-0.15, -0.1) is 0 Å². The molecule has 0 aliphatic carbocycles. The molecule has 17 heavy (non-hydrogen) atoms. The number of hydrogen-bond donors (Lipinski definition) is 1. The molecule has 0 fully saturated rings. The van der Waals surface area contributed by atoms with E-state index in [1.54, 1.807) is 18.3 Å². The second-order valence-electron chi connectivity index (χ2n) is 3.75. The highest BCUT2D eigenvalue weighted by atomic mass is 16.5. The van der Waals surface area contributed by atoms with Crippen LogP contribution in [0.4, 0.5) is 5.82 Å². The van der Waals surface area contributed by atoms with Crippen LogP contribution in [-0.2, 0) is 4.79 Å². The summed E-state index contributed by atoms with van der Waals surface area (Å²) in [6.07, 6.45) is 1.01. The molecule has 1 amide bonds. The number of nitrogens with one attached hydrogen (secondary N) is 1. The number of nitrogens with zero attached hydrogens (tertiary/aromatic N) is 1. The van der Waals surface area contributed by atoms with Crippen LogP contribution in [0.2, 0.25) is 0 Å². The van der Waals surface area contributed by atoms with Crippen LogP contribution in [-0.4, -0.2) is 10.9 Å². The maximum atomic E-state index is 11.9.